The van der Waals surface area contributed by atoms with Crippen molar-refractivity contribution in [1.29, 1.82) is 0 Å². The highest BCUT2D eigenvalue weighted by atomic mass is 31.2. The first-order valence-electron chi connectivity index (χ1n) is 6.29. The molecule has 1 amide bonds. The zero-order chi connectivity index (χ0) is 17.9. The number of carbonyl (C=O) groups is 1. The van der Waals surface area contributed by atoms with Crippen molar-refractivity contribution in [3.63, 3.8) is 0 Å². The van der Waals surface area contributed by atoms with Crippen molar-refractivity contribution >= 4 is 21.1 Å². The van der Waals surface area contributed by atoms with Gasteiger partial charge in [0.2, 0.25) is 0 Å². The molecule has 0 aliphatic carbocycles. The summed E-state index contributed by atoms with van der Waals surface area (Å²) in [7, 11) is -11.0. The molecule has 1 aromatic rings. The first kappa shape index (κ1) is 19.8. The van der Waals surface area contributed by atoms with Crippen LogP contribution in [0.15, 0.2) is 24.3 Å². The molecule has 1 aromatic carbocycles. The van der Waals surface area contributed by atoms with Gasteiger partial charge in [0.25, 0.3) is 11.0 Å². The summed E-state index contributed by atoms with van der Waals surface area (Å²) < 4.78 is 22.2. The normalized spacial score (nSPS) is 12.9. The number of phenols is 1. The smallest absolute Gasteiger partial charge is 0.369 e. The number of aliphatic hydroxyl groups is 1. The second-order valence-corrected chi connectivity index (χ2v) is 8.78. The monoisotopic (exact) mass is 369 g/mol. The van der Waals surface area contributed by atoms with Crippen molar-refractivity contribution in [2.45, 2.75) is 17.9 Å². The zero-order valence-electron chi connectivity index (χ0n) is 11.7. The summed E-state index contributed by atoms with van der Waals surface area (Å²) >= 11 is 0. The van der Waals surface area contributed by atoms with E-state index in [2.05, 4.69) is 5.32 Å². The van der Waals surface area contributed by atoms with E-state index in [-0.39, 0.29) is 24.3 Å². The molecule has 7 N–H and O–H groups in total. The van der Waals surface area contributed by atoms with Crippen LogP contribution in [0.1, 0.15) is 23.2 Å². The summed E-state index contributed by atoms with van der Waals surface area (Å²) in [6, 6.07) is 5.25. The number of rotatable bonds is 7. The highest BCUT2D eigenvalue weighted by molar-refractivity contribution is 7.72. The molecule has 0 fully saturated rings. The number of hydrogen-bond donors (Lipinski definition) is 7. The predicted molar refractivity (Wildman–Crippen MR) is 78.7 cm³/mol. The third kappa shape index (κ3) is 4.86. The highest BCUT2D eigenvalue weighted by Gasteiger charge is 2.58. The molecular weight excluding hydrogens is 352 g/mol. The van der Waals surface area contributed by atoms with Crippen molar-refractivity contribution < 1.29 is 43.7 Å². The molecule has 130 valence electrons. The van der Waals surface area contributed by atoms with E-state index in [1.807, 2.05) is 0 Å². The summed E-state index contributed by atoms with van der Waals surface area (Å²) in [6.45, 7) is -0.179. The lowest BCUT2D eigenvalue weighted by Gasteiger charge is -2.29. The average Bonchev–Trinajstić information content (AvgIpc) is 2.41. The fourth-order valence-electron chi connectivity index (χ4n) is 1.70. The molecule has 0 heterocycles. The van der Waals surface area contributed by atoms with Crippen molar-refractivity contribution in [1.82, 2.24) is 5.32 Å². The Morgan fingerprint density at radius 1 is 1.04 bits per heavy atom. The first-order chi connectivity index (χ1) is 10.4. The summed E-state index contributed by atoms with van der Waals surface area (Å²) in [4.78, 5) is 47.5. The molecule has 0 aliphatic rings. The lowest BCUT2D eigenvalue weighted by atomic mass is 10.2. The first-order valence-corrected chi connectivity index (χ1v) is 9.52. The van der Waals surface area contributed by atoms with Gasteiger partial charge >= 0.3 is 15.2 Å². The second kappa shape index (κ2) is 7.11. The van der Waals surface area contributed by atoms with Crippen LogP contribution in [0.3, 0.4) is 0 Å². The van der Waals surface area contributed by atoms with Crippen LogP contribution in [0.2, 0.25) is 0 Å². The Bertz CT molecular complexity index is 626. The van der Waals surface area contributed by atoms with Crippen molar-refractivity contribution in [2.75, 3.05) is 6.54 Å². The van der Waals surface area contributed by atoms with Crippen molar-refractivity contribution in [2.24, 2.45) is 0 Å². The van der Waals surface area contributed by atoms with Gasteiger partial charge in [0.1, 0.15) is 5.75 Å². The SMILES string of the molecule is O=C(NCCCC(O)(P(=O)(O)O)P(=O)(O)O)c1ccc(O)cc1. The van der Waals surface area contributed by atoms with E-state index < -0.39 is 32.6 Å². The van der Waals surface area contributed by atoms with E-state index in [9.17, 15) is 19.0 Å². The van der Waals surface area contributed by atoms with Gasteiger partial charge in [-0.3, -0.25) is 13.9 Å². The molecule has 0 aliphatic heterocycles. The van der Waals surface area contributed by atoms with Crippen LogP contribution in [0.4, 0.5) is 0 Å². The standard InChI is InChI=1S/C11H17NO9P2/c13-9-4-2-8(3-5-9)10(14)12-7-1-6-11(15,22(16,17)18)23(19,20)21/h2-5,13,15H,1,6-7H2,(H,12,14)(H2,16,17,18)(H2,19,20,21). The third-order valence-electron chi connectivity index (χ3n) is 3.04. The fourth-order valence-corrected chi connectivity index (χ4v) is 3.96. The number of benzene rings is 1. The quantitative estimate of drug-likeness (QED) is 0.255. The molecule has 0 radical (unpaired) electrons. The summed E-state index contributed by atoms with van der Waals surface area (Å²) in [5.74, 6) is -0.587. The molecule has 0 bridgehead atoms. The van der Waals surface area contributed by atoms with E-state index in [1.54, 1.807) is 0 Å². The largest absolute Gasteiger partial charge is 0.508 e. The zero-order valence-corrected chi connectivity index (χ0v) is 13.5. The van der Waals surface area contributed by atoms with Gasteiger partial charge in [-0.15, -0.1) is 0 Å². The predicted octanol–water partition coefficient (Wildman–Crippen LogP) is -0.0963. The minimum atomic E-state index is -5.48. The van der Waals surface area contributed by atoms with E-state index in [0.717, 1.165) is 0 Å². The minimum Gasteiger partial charge on any atom is -0.508 e. The molecular formula is C11H17NO9P2. The lowest BCUT2D eigenvalue weighted by molar-refractivity contribution is 0.0946. The van der Waals surface area contributed by atoms with Gasteiger partial charge in [0.15, 0.2) is 0 Å². The van der Waals surface area contributed by atoms with E-state index in [4.69, 9.17) is 24.7 Å². The van der Waals surface area contributed by atoms with Gasteiger partial charge in [-0.2, -0.15) is 0 Å². The van der Waals surface area contributed by atoms with Gasteiger partial charge in [-0.25, -0.2) is 0 Å². The van der Waals surface area contributed by atoms with Gasteiger partial charge in [0, 0.05) is 18.5 Å². The molecule has 10 nitrogen and oxygen atoms in total. The number of aromatic hydroxyl groups is 1. The van der Waals surface area contributed by atoms with E-state index >= 15 is 0 Å². The Morgan fingerprint density at radius 3 is 1.96 bits per heavy atom. The maximum atomic E-state index is 11.7. The summed E-state index contributed by atoms with van der Waals surface area (Å²) in [5.41, 5.74) is 0.211. The number of hydrogen-bond acceptors (Lipinski definition) is 5. The van der Waals surface area contributed by atoms with Crippen LogP contribution in [0, 0.1) is 0 Å². The van der Waals surface area contributed by atoms with Gasteiger partial charge < -0.3 is 35.1 Å². The molecule has 0 aromatic heterocycles. The van der Waals surface area contributed by atoms with Gasteiger partial charge in [-0.1, -0.05) is 0 Å². The van der Waals surface area contributed by atoms with E-state index in [1.165, 1.54) is 24.3 Å². The molecule has 12 heteroatoms. The van der Waals surface area contributed by atoms with Crippen molar-refractivity contribution in [3.8, 4) is 5.75 Å². The Labute approximate surface area is 131 Å². The Kier molecular flexibility index (Phi) is 6.12. The van der Waals surface area contributed by atoms with Crippen LogP contribution in [0.5, 0.6) is 5.75 Å². The van der Waals surface area contributed by atoms with Crippen LogP contribution < -0.4 is 5.32 Å². The Morgan fingerprint density at radius 2 is 1.52 bits per heavy atom. The maximum absolute atomic E-state index is 11.7. The molecule has 23 heavy (non-hydrogen) atoms. The van der Waals surface area contributed by atoms with Crippen LogP contribution >= 0.6 is 15.2 Å². The van der Waals surface area contributed by atoms with Crippen LogP contribution in [-0.2, 0) is 9.13 Å². The average molecular weight is 369 g/mol. The maximum Gasteiger partial charge on any atom is 0.369 e. The molecule has 0 atom stereocenters. The molecule has 0 unspecified atom stereocenters. The van der Waals surface area contributed by atoms with Gasteiger partial charge in [0.05, 0.1) is 0 Å². The highest BCUT2D eigenvalue weighted by Crippen LogP contribution is 2.69. The number of phenolic OH excluding ortho intramolecular Hbond substituents is 1. The third-order valence-corrected chi connectivity index (χ3v) is 6.91. The second-order valence-electron chi connectivity index (χ2n) is 4.77. The van der Waals surface area contributed by atoms with Crippen molar-refractivity contribution in [3.05, 3.63) is 29.8 Å². The Hall–Kier alpha value is -1.25. The summed E-state index contributed by atoms with van der Waals surface area (Å²) in [5, 5.41) is 17.6. The number of carbonyl (C=O) groups excluding carboxylic acids is 1. The molecule has 0 spiro atoms. The van der Waals surface area contributed by atoms with E-state index in [0.29, 0.717) is 0 Å². The topological polar surface area (TPSA) is 185 Å². The number of amides is 1. The summed E-state index contributed by atoms with van der Waals surface area (Å²) in [6.07, 6.45) is -1.19. The number of nitrogens with one attached hydrogen (secondary N) is 1. The molecule has 0 saturated heterocycles. The van der Waals surface area contributed by atoms with Gasteiger partial charge in [-0.05, 0) is 30.7 Å². The molecule has 1 rings (SSSR count). The van der Waals surface area contributed by atoms with Crippen LogP contribution in [0.25, 0.3) is 0 Å². The Balaban J connectivity index is 2.62. The van der Waals surface area contributed by atoms with Crippen LogP contribution in [-0.4, -0.2) is 47.3 Å². The molecule has 0 saturated carbocycles. The minimum absolute atomic E-state index is 0.0325. The fraction of sp³-hybridized carbons (Fsp3) is 0.364. The lowest BCUT2D eigenvalue weighted by Crippen LogP contribution is -2.31.